The Morgan fingerprint density at radius 3 is 2.42 bits per heavy atom. The lowest BCUT2D eigenvalue weighted by atomic mass is 10.0. The summed E-state index contributed by atoms with van der Waals surface area (Å²) in [6, 6.07) is 24.6. The summed E-state index contributed by atoms with van der Waals surface area (Å²) in [4.78, 5) is 24.2. The number of aromatic nitrogens is 5. The topological polar surface area (TPSA) is 88.8 Å². The van der Waals surface area contributed by atoms with E-state index in [1.807, 2.05) is 58.5 Å². The van der Waals surface area contributed by atoms with Gasteiger partial charge in [-0.15, -0.1) is 21.5 Å². The number of hydrogen-bond donors (Lipinski definition) is 1. The fraction of sp³-hybridized carbons (Fsp3) is 0.233. The number of carbonyl (C=O) groups excluding carboxylic acids is 1. The van der Waals surface area contributed by atoms with Crippen molar-refractivity contribution in [1.29, 1.82) is 0 Å². The molecule has 1 saturated heterocycles. The molecule has 1 N–H and O–H groups in total. The maximum absolute atomic E-state index is 13.0. The number of rotatable bonds is 9. The number of piperidine rings is 1. The van der Waals surface area contributed by atoms with Gasteiger partial charge >= 0.3 is 0 Å². The predicted octanol–water partition coefficient (Wildman–Crippen LogP) is 5.47. The Morgan fingerprint density at radius 2 is 1.68 bits per heavy atom. The number of carbonyl (C=O) groups is 1. The molecule has 202 valence electrons. The monoisotopic (exact) mass is 567 g/mol. The summed E-state index contributed by atoms with van der Waals surface area (Å²) in [6.07, 6.45) is 5.39. The lowest BCUT2D eigenvalue weighted by Crippen LogP contribution is -2.44. The van der Waals surface area contributed by atoms with Gasteiger partial charge in [0.05, 0.1) is 5.75 Å². The second-order valence-electron chi connectivity index (χ2n) is 9.64. The van der Waals surface area contributed by atoms with Gasteiger partial charge < -0.3 is 5.32 Å². The van der Waals surface area contributed by atoms with Gasteiger partial charge in [-0.25, -0.2) is 4.98 Å². The molecule has 0 saturated carbocycles. The van der Waals surface area contributed by atoms with E-state index in [1.54, 1.807) is 24.2 Å². The van der Waals surface area contributed by atoms with E-state index in [0.717, 1.165) is 59.7 Å². The number of hydrogen-bond acceptors (Lipinski definition) is 8. The Morgan fingerprint density at radius 1 is 0.950 bits per heavy atom. The van der Waals surface area contributed by atoms with Gasteiger partial charge in [0.2, 0.25) is 0 Å². The number of pyridine rings is 1. The second-order valence-corrected chi connectivity index (χ2v) is 11.5. The van der Waals surface area contributed by atoms with Crippen LogP contribution in [0.1, 0.15) is 33.9 Å². The largest absolute Gasteiger partial charge is 0.348 e. The van der Waals surface area contributed by atoms with Crippen LogP contribution in [0.5, 0.6) is 0 Å². The summed E-state index contributed by atoms with van der Waals surface area (Å²) in [6.45, 7) is 2.90. The normalized spacial score (nSPS) is 14.3. The maximum Gasteiger partial charge on any atom is 0.270 e. The van der Waals surface area contributed by atoms with E-state index in [1.165, 1.54) is 16.9 Å². The molecule has 0 bridgehead atoms. The molecule has 0 aliphatic carbocycles. The van der Waals surface area contributed by atoms with Crippen LogP contribution >= 0.6 is 23.1 Å². The highest BCUT2D eigenvalue weighted by Crippen LogP contribution is 2.30. The van der Waals surface area contributed by atoms with Crippen LogP contribution in [0.2, 0.25) is 0 Å². The molecule has 0 radical (unpaired) electrons. The summed E-state index contributed by atoms with van der Waals surface area (Å²) < 4.78 is 2.05. The summed E-state index contributed by atoms with van der Waals surface area (Å²) in [7, 11) is 0. The minimum atomic E-state index is -0.0959. The summed E-state index contributed by atoms with van der Waals surface area (Å²) in [5.41, 5.74) is 3.73. The quantitative estimate of drug-likeness (QED) is 0.236. The molecule has 1 amide bonds. The van der Waals surface area contributed by atoms with E-state index < -0.39 is 0 Å². The fourth-order valence-corrected chi connectivity index (χ4v) is 6.55. The van der Waals surface area contributed by atoms with Crippen molar-refractivity contribution in [2.75, 3.05) is 13.1 Å². The first-order chi connectivity index (χ1) is 19.7. The molecule has 40 heavy (non-hydrogen) atoms. The summed E-state index contributed by atoms with van der Waals surface area (Å²) >= 11 is 3.06. The highest BCUT2D eigenvalue weighted by Gasteiger charge is 2.23. The van der Waals surface area contributed by atoms with Crippen molar-refractivity contribution < 1.29 is 4.79 Å². The zero-order chi connectivity index (χ0) is 27.1. The molecule has 2 aromatic carbocycles. The average molecular weight is 568 g/mol. The number of para-hydroxylation sites is 1. The zero-order valence-corrected chi connectivity index (χ0v) is 23.5. The minimum Gasteiger partial charge on any atom is -0.348 e. The first-order valence-electron chi connectivity index (χ1n) is 13.3. The Kier molecular flexibility index (Phi) is 8.27. The van der Waals surface area contributed by atoms with Crippen LogP contribution in [0.15, 0.2) is 95.7 Å². The van der Waals surface area contributed by atoms with Crippen molar-refractivity contribution in [3.63, 3.8) is 0 Å². The number of thiazole rings is 1. The maximum atomic E-state index is 13.0. The fourth-order valence-electron chi connectivity index (χ4n) is 4.81. The molecule has 1 aliphatic rings. The van der Waals surface area contributed by atoms with E-state index in [4.69, 9.17) is 0 Å². The predicted molar refractivity (Wildman–Crippen MR) is 158 cm³/mol. The van der Waals surface area contributed by atoms with E-state index in [-0.39, 0.29) is 11.9 Å². The third kappa shape index (κ3) is 6.30. The molecule has 8 nitrogen and oxygen atoms in total. The Labute approximate surface area is 241 Å². The first-order valence-corrected chi connectivity index (χ1v) is 15.1. The van der Waals surface area contributed by atoms with Crippen molar-refractivity contribution in [3.05, 3.63) is 107 Å². The van der Waals surface area contributed by atoms with Crippen LogP contribution in [0.25, 0.3) is 17.1 Å². The van der Waals surface area contributed by atoms with Crippen molar-refractivity contribution in [1.82, 2.24) is 34.9 Å². The summed E-state index contributed by atoms with van der Waals surface area (Å²) in [5.74, 6) is 1.25. The lowest BCUT2D eigenvalue weighted by molar-refractivity contribution is 0.0904. The van der Waals surface area contributed by atoms with Gasteiger partial charge in [-0.3, -0.25) is 19.2 Å². The number of nitrogens with one attached hydrogen (secondary N) is 1. The average Bonchev–Trinajstić information content (AvgIpc) is 3.66. The van der Waals surface area contributed by atoms with Crippen molar-refractivity contribution in [2.24, 2.45) is 0 Å². The number of thioether (sulfide) groups is 1. The Hall–Kier alpha value is -3.86. The Balaban J connectivity index is 1.06. The van der Waals surface area contributed by atoms with Crippen molar-refractivity contribution in [3.8, 4) is 17.1 Å². The second kappa shape index (κ2) is 12.5. The molecular weight excluding hydrogens is 539 g/mol. The number of benzene rings is 2. The van der Waals surface area contributed by atoms with Gasteiger partial charge in [-0.2, -0.15) is 0 Å². The van der Waals surface area contributed by atoms with Gasteiger partial charge in [-0.05, 0) is 42.7 Å². The number of nitrogens with zero attached hydrogens (tertiary/aromatic N) is 6. The highest BCUT2D eigenvalue weighted by atomic mass is 32.2. The van der Waals surface area contributed by atoms with Gasteiger partial charge in [0.1, 0.15) is 10.7 Å². The van der Waals surface area contributed by atoms with Crippen LogP contribution in [0, 0.1) is 0 Å². The SMILES string of the molecule is O=C(NC1CCN(Cc2ccccc2)CC1)c1csc(CSc2nnc(-c3ccncc3)n2-c2ccccc2)n1. The number of likely N-dealkylation sites (tertiary alicyclic amines) is 1. The molecule has 10 heteroatoms. The van der Waals surface area contributed by atoms with Crippen LogP contribution in [0.3, 0.4) is 0 Å². The van der Waals surface area contributed by atoms with E-state index in [0.29, 0.717) is 11.4 Å². The van der Waals surface area contributed by atoms with Crippen molar-refractivity contribution >= 4 is 29.0 Å². The molecule has 1 aliphatic heterocycles. The van der Waals surface area contributed by atoms with Gasteiger partial charge in [0, 0.05) is 54.7 Å². The standard InChI is InChI=1S/C30H29N7OS2/c38-29(32-24-13-17-36(18-14-24)19-22-7-3-1-4-8-22)26-20-39-27(33-26)21-40-30-35-34-28(23-11-15-31-16-12-23)37(30)25-9-5-2-6-10-25/h1-12,15-16,20,24H,13-14,17-19,21H2,(H,32,38). The molecule has 5 aromatic rings. The van der Waals surface area contributed by atoms with Gasteiger partial charge in [0.25, 0.3) is 5.91 Å². The molecule has 4 heterocycles. The zero-order valence-electron chi connectivity index (χ0n) is 21.9. The van der Waals surface area contributed by atoms with Crippen LogP contribution < -0.4 is 5.32 Å². The highest BCUT2D eigenvalue weighted by molar-refractivity contribution is 7.98. The molecule has 0 spiro atoms. The van der Waals surface area contributed by atoms with E-state index in [9.17, 15) is 4.79 Å². The van der Waals surface area contributed by atoms with Crippen LogP contribution in [-0.2, 0) is 12.3 Å². The van der Waals surface area contributed by atoms with Crippen molar-refractivity contribution in [2.45, 2.75) is 36.3 Å². The first kappa shape index (κ1) is 26.4. The van der Waals surface area contributed by atoms with E-state index in [2.05, 4.69) is 54.6 Å². The third-order valence-corrected chi connectivity index (χ3v) is 8.84. The number of amides is 1. The third-order valence-electron chi connectivity index (χ3n) is 6.87. The summed E-state index contributed by atoms with van der Waals surface area (Å²) in [5, 5.41) is 15.7. The molecule has 0 atom stereocenters. The van der Waals surface area contributed by atoms with E-state index >= 15 is 0 Å². The Bertz CT molecular complexity index is 1530. The van der Waals surface area contributed by atoms with Gasteiger partial charge in [-0.1, -0.05) is 60.3 Å². The molecule has 6 rings (SSSR count). The smallest absolute Gasteiger partial charge is 0.270 e. The van der Waals surface area contributed by atoms with Crippen LogP contribution in [-0.4, -0.2) is 54.7 Å². The van der Waals surface area contributed by atoms with Gasteiger partial charge in [0.15, 0.2) is 11.0 Å². The van der Waals surface area contributed by atoms with Crippen LogP contribution in [0.4, 0.5) is 0 Å². The molecular formula is C30H29N7OS2. The molecule has 3 aromatic heterocycles. The minimum absolute atomic E-state index is 0.0959. The molecule has 0 unspecified atom stereocenters. The molecule has 1 fully saturated rings. The lowest BCUT2D eigenvalue weighted by Gasteiger charge is -2.32.